The van der Waals surface area contributed by atoms with E-state index in [2.05, 4.69) is 15.9 Å². The van der Waals surface area contributed by atoms with Gasteiger partial charge in [-0.25, -0.2) is 0 Å². The summed E-state index contributed by atoms with van der Waals surface area (Å²) in [5.41, 5.74) is 1.17. The van der Waals surface area contributed by atoms with E-state index in [-0.39, 0.29) is 0 Å². The first-order chi connectivity index (χ1) is 6.88. The number of ether oxygens (including phenoxy) is 2. The summed E-state index contributed by atoms with van der Waals surface area (Å²) in [6, 6.07) is 8.00. The van der Waals surface area contributed by atoms with Gasteiger partial charge in [0.2, 0.25) is 0 Å². The fourth-order valence-corrected chi connectivity index (χ4v) is 1.57. The molecule has 1 aromatic rings. The lowest BCUT2D eigenvalue weighted by Gasteiger charge is -2.09. The molecule has 3 heteroatoms. The van der Waals surface area contributed by atoms with Crippen molar-refractivity contribution in [2.45, 2.75) is 12.3 Å². The van der Waals surface area contributed by atoms with Gasteiger partial charge in [-0.05, 0) is 13.0 Å². The fourth-order valence-electron chi connectivity index (χ4n) is 1.11. The molecule has 1 rings (SSSR count). The molecule has 0 bridgehead atoms. The van der Waals surface area contributed by atoms with E-state index >= 15 is 0 Å². The largest absolute Gasteiger partial charge is 0.491 e. The maximum absolute atomic E-state index is 5.58. The third kappa shape index (κ3) is 3.68. The summed E-state index contributed by atoms with van der Waals surface area (Å²) >= 11 is 3.42. The van der Waals surface area contributed by atoms with Gasteiger partial charge in [0.05, 0.1) is 6.61 Å². The SMILES string of the molecule is CCOCCOc1ccccc1CBr. The van der Waals surface area contributed by atoms with Gasteiger partial charge in [0, 0.05) is 17.5 Å². The van der Waals surface area contributed by atoms with Gasteiger partial charge in [-0.1, -0.05) is 34.1 Å². The van der Waals surface area contributed by atoms with Crippen LogP contribution in [0.3, 0.4) is 0 Å². The van der Waals surface area contributed by atoms with Crippen molar-refractivity contribution in [2.75, 3.05) is 19.8 Å². The van der Waals surface area contributed by atoms with Crippen molar-refractivity contribution in [2.24, 2.45) is 0 Å². The number of benzene rings is 1. The minimum atomic E-state index is 0.609. The monoisotopic (exact) mass is 258 g/mol. The van der Waals surface area contributed by atoms with E-state index in [0.717, 1.165) is 17.7 Å². The zero-order valence-electron chi connectivity index (χ0n) is 8.33. The van der Waals surface area contributed by atoms with Crippen LogP contribution in [0.1, 0.15) is 12.5 Å². The minimum absolute atomic E-state index is 0.609. The van der Waals surface area contributed by atoms with Crippen LogP contribution in [-0.2, 0) is 10.1 Å². The van der Waals surface area contributed by atoms with Crippen molar-refractivity contribution in [1.29, 1.82) is 0 Å². The maximum atomic E-state index is 5.58. The molecule has 0 unspecified atom stereocenters. The van der Waals surface area contributed by atoms with E-state index in [1.54, 1.807) is 0 Å². The van der Waals surface area contributed by atoms with E-state index in [0.29, 0.717) is 13.2 Å². The molecule has 0 aromatic heterocycles. The van der Waals surface area contributed by atoms with Crippen molar-refractivity contribution in [3.63, 3.8) is 0 Å². The third-order valence-corrected chi connectivity index (χ3v) is 2.41. The zero-order chi connectivity index (χ0) is 10.2. The Hall–Kier alpha value is -0.540. The van der Waals surface area contributed by atoms with Gasteiger partial charge in [0.1, 0.15) is 12.4 Å². The summed E-state index contributed by atoms with van der Waals surface area (Å²) in [6.07, 6.45) is 0. The second-order valence-corrected chi connectivity index (χ2v) is 3.35. The number of alkyl halides is 1. The second-order valence-electron chi connectivity index (χ2n) is 2.79. The molecule has 78 valence electrons. The number of hydrogen-bond donors (Lipinski definition) is 0. The molecule has 1 aromatic carbocycles. The summed E-state index contributed by atoms with van der Waals surface area (Å²) < 4.78 is 10.8. The van der Waals surface area contributed by atoms with Gasteiger partial charge in [0.25, 0.3) is 0 Å². The van der Waals surface area contributed by atoms with E-state index in [9.17, 15) is 0 Å². The van der Waals surface area contributed by atoms with E-state index in [4.69, 9.17) is 9.47 Å². The van der Waals surface area contributed by atoms with Crippen molar-refractivity contribution in [3.8, 4) is 5.75 Å². The highest BCUT2D eigenvalue weighted by Crippen LogP contribution is 2.20. The van der Waals surface area contributed by atoms with Crippen molar-refractivity contribution >= 4 is 15.9 Å². The summed E-state index contributed by atoms with van der Waals surface area (Å²) in [6.45, 7) is 3.97. The van der Waals surface area contributed by atoms with Gasteiger partial charge in [-0.3, -0.25) is 0 Å². The number of halogens is 1. The summed E-state index contributed by atoms with van der Waals surface area (Å²) in [5, 5.41) is 0.817. The van der Waals surface area contributed by atoms with Crippen LogP contribution in [-0.4, -0.2) is 19.8 Å². The zero-order valence-corrected chi connectivity index (χ0v) is 9.92. The summed E-state index contributed by atoms with van der Waals surface area (Å²) in [4.78, 5) is 0. The van der Waals surface area contributed by atoms with Gasteiger partial charge in [-0.2, -0.15) is 0 Å². The first-order valence-electron chi connectivity index (χ1n) is 4.73. The number of hydrogen-bond acceptors (Lipinski definition) is 2. The lowest BCUT2D eigenvalue weighted by atomic mass is 10.2. The van der Waals surface area contributed by atoms with Crippen LogP contribution in [0.2, 0.25) is 0 Å². The lowest BCUT2D eigenvalue weighted by molar-refractivity contribution is 0.110. The molecule has 0 saturated carbocycles. The molecule has 0 radical (unpaired) electrons. The van der Waals surface area contributed by atoms with Gasteiger partial charge in [0.15, 0.2) is 0 Å². The molecule has 14 heavy (non-hydrogen) atoms. The Morgan fingerprint density at radius 2 is 2.00 bits per heavy atom. The molecule has 0 aliphatic heterocycles. The topological polar surface area (TPSA) is 18.5 Å². The average molecular weight is 259 g/mol. The Morgan fingerprint density at radius 1 is 1.21 bits per heavy atom. The molecule has 0 atom stereocenters. The maximum Gasteiger partial charge on any atom is 0.123 e. The Balaban J connectivity index is 2.41. The molecule has 0 amide bonds. The quantitative estimate of drug-likeness (QED) is 0.577. The van der Waals surface area contributed by atoms with Gasteiger partial charge in [-0.15, -0.1) is 0 Å². The molecular weight excluding hydrogens is 244 g/mol. The Bertz CT molecular complexity index is 263. The molecule has 0 aliphatic carbocycles. The van der Waals surface area contributed by atoms with Crippen LogP contribution in [0.5, 0.6) is 5.75 Å². The standard InChI is InChI=1S/C11H15BrO2/c1-2-13-7-8-14-11-6-4-3-5-10(11)9-12/h3-6H,2,7-9H2,1H3. The number of para-hydroxylation sites is 1. The molecular formula is C11H15BrO2. The predicted octanol–water partition coefficient (Wildman–Crippen LogP) is 3.00. The number of rotatable bonds is 6. The molecule has 0 heterocycles. The normalized spacial score (nSPS) is 10.1. The lowest BCUT2D eigenvalue weighted by Crippen LogP contribution is -2.07. The predicted molar refractivity (Wildman–Crippen MR) is 61.1 cm³/mol. The summed E-state index contributed by atoms with van der Waals surface area (Å²) in [7, 11) is 0. The highest BCUT2D eigenvalue weighted by Gasteiger charge is 1.99. The van der Waals surface area contributed by atoms with Crippen molar-refractivity contribution in [1.82, 2.24) is 0 Å². The molecule has 0 aliphatic rings. The Labute approximate surface area is 93.4 Å². The Morgan fingerprint density at radius 3 is 2.71 bits per heavy atom. The average Bonchev–Trinajstić information content (AvgIpc) is 2.25. The molecule has 0 saturated heterocycles. The van der Waals surface area contributed by atoms with Gasteiger partial charge < -0.3 is 9.47 Å². The molecule has 0 N–H and O–H groups in total. The Kier molecular flexibility index (Phi) is 5.64. The van der Waals surface area contributed by atoms with Crippen LogP contribution in [0.25, 0.3) is 0 Å². The molecule has 2 nitrogen and oxygen atoms in total. The van der Waals surface area contributed by atoms with E-state index in [1.807, 2.05) is 31.2 Å². The van der Waals surface area contributed by atoms with Crippen molar-refractivity contribution < 1.29 is 9.47 Å². The van der Waals surface area contributed by atoms with E-state index in [1.165, 1.54) is 5.56 Å². The van der Waals surface area contributed by atoms with Crippen LogP contribution >= 0.6 is 15.9 Å². The highest BCUT2D eigenvalue weighted by molar-refractivity contribution is 9.08. The first kappa shape index (κ1) is 11.5. The molecule has 0 spiro atoms. The first-order valence-corrected chi connectivity index (χ1v) is 5.85. The van der Waals surface area contributed by atoms with Crippen LogP contribution in [0.4, 0.5) is 0 Å². The van der Waals surface area contributed by atoms with Crippen LogP contribution in [0.15, 0.2) is 24.3 Å². The van der Waals surface area contributed by atoms with E-state index < -0.39 is 0 Å². The second kappa shape index (κ2) is 6.85. The molecule has 0 fully saturated rings. The fraction of sp³-hybridized carbons (Fsp3) is 0.455. The van der Waals surface area contributed by atoms with Crippen LogP contribution in [0, 0.1) is 0 Å². The summed E-state index contributed by atoms with van der Waals surface area (Å²) in [5.74, 6) is 0.934. The van der Waals surface area contributed by atoms with Gasteiger partial charge >= 0.3 is 0 Å². The third-order valence-electron chi connectivity index (χ3n) is 1.81. The minimum Gasteiger partial charge on any atom is -0.491 e. The van der Waals surface area contributed by atoms with Crippen molar-refractivity contribution in [3.05, 3.63) is 29.8 Å². The van der Waals surface area contributed by atoms with Crippen LogP contribution < -0.4 is 4.74 Å². The smallest absolute Gasteiger partial charge is 0.123 e. The highest BCUT2D eigenvalue weighted by atomic mass is 79.9.